The van der Waals surface area contributed by atoms with Gasteiger partial charge in [-0.15, -0.1) is 0 Å². The number of thiophene rings is 1. The van der Waals surface area contributed by atoms with Crippen LogP contribution in [0.3, 0.4) is 0 Å². The topological polar surface area (TPSA) is 43.8 Å². The summed E-state index contributed by atoms with van der Waals surface area (Å²) >= 11 is 1.73. The smallest absolute Gasteiger partial charge is 0.201 e. The average molecular weight is 271 g/mol. The van der Waals surface area contributed by atoms with Crippen LogP contribution in [-0.4, -0.2) is 9.55 Å². The molecular formula is C15H17N3S. The summed E-state index contributed by atoms with van der Waals surface area (Å²) in [5.74, 6) is 0.604. The van der Waals surface area contributed by atoms with Gasteiger partial charge in [0, 0.05) is 6.04 Å². The van der Waals surface area contributed by atoms with Crippen molar-refractivity contribution in [3.05, 3.63) is 46.2 Å². The Morgan fingerprint density at radius 3 is 2.95 bits per heavy atom. The van der Waals surface area contributed by atoms with E-state index in [1.54, 1.807) is 11.3 Å². The zero-order valence-electron chi connectivity index (χ0n) is 11.1. The molecule has 2 N–H and O–H groups in total. The number of fused-ring (bicyclic) bond motifs is 1. The highest BCUT2D eigenvalue weighted by atomic mass is 32.1. The van der Waals surface area contributed by atoms with Crippen molar-refractivity contribution in [1.29, 1.82) is 0 Å². The lowest BCUT2D eigenvalue weighted by atomic mass is 10.1. The average Bonchev–Trinajstić information content (AvgIpc) is 2.96. The molecule has 0 saturated heterocycles. The van der Waals surface area contributed by atoms with Crippen LogP contribution in [0.5, 0.6) is 0 Å². The van der Waals surface area contributed by atoms with Crippen LogP contribution in [0, 0.1) is 6.92 Å². The maximum Gasteiger partial charge on any atom is 0.201 e. The summed E-state index contributed by atoms with van der Waals surface area (Å²) in [5.41, 5.74) is 10.8. The number of imidazole rings is 1. The normalized spacial score (nSPS) is 12.9. The van der Waals surface area contributed by atoms with E-state index in [4.69, 9.17) is 5.73 Å². The summed E-state index contributed by atoms with van der Waals surface area (Å²) < 4.78 is 2.16. The van der Waals surface area contributed by atoms with E-state index in [1.165, 1.54) is 11.1 Å². The quantitative estimate of drug-likeness (QED) is 0.787. The molecule has 1 unspecified atom stereocenters. The summed E-state index contributed by atoms with van der Waals surface area (Å²) in [5, 5.41) is 4.31. The van der Waals surface area contributed by atoms with E-state index in [2.05, 4.69) is 46.3 Å². The first-order valence-electron chi connectivity index (χ1n) is 6.41. The van der Waals surface area contributed by atoms with E-state index in [-0.39, 0.29) is 0 Å². The van der Waals surface area contributed by atoms with Crippen molar-refractivity contribution >= 4 is 28.3 Å². The van der Waals surface area contributed by atoms with Crippen LogP contribution in [-0.2, 0) is 6.42 Å². The Labute approximate surface area is 116 Å². The van der Waals surface area contributed by atoms with Gasteiger partial charge in [-0.3, -0.25) is 0 Å². The Balaban J connectivity index is 2.06. The van der Waals surface area contributed by atoms with Crippen LogP contribution in [0.2, 0.25) is 0 Å². The molecule has 3 rings (SSSR count). The fraction of sp³-hybridized carbons (Fsp3) is 0.267. The first-order chi connectivity index (χ1) is 9.16. The standard InChI is InChI=1S/C15H17N3S/c1-10-4-3-5-13-14(10)18(15(16)17-13)11(2)8-12-6-7-19-9-12/h3-7,9,11H,8H2,1-2H3,(H2,16,17). The molecule has 19 heavy (non-hydrogen) atoms. The molecule has 3 nitrogen and oxygen atoms in total. The molecule has 2 aromatic heterocycles. The van der Waals surface area contributed by atoms with Crippen LogP contribution in [0.1, 0.15) is 24.1 Å². The van der Waals surface area contributed by atoms with Crippen LogP contribution in [0.4, 0.5) is 5.95 Å². The van der Waals surface area contributed by atoms with Crippen molar-refractivity contribution in [2.24, 2.45) is 0 Å². The van der Waals surface area contributed by atoms with Gasteiger partial charge >= 0.3 is 0 Å². The number of para-hydroxylation sites is 1. The number of hydrogen-bond acceptors (Lipinski definition) is 3. The molecule has 0 saturated carbocycles. The minimum atomic E-state index is 0.306. The zero-order chi connectivity index (χ0) is 13.4. The fourth-order valence-corrected chi connectivity index (χ4v) is 3.31. The summed E-state index contributed by atoms with van der Waals surface area (Å²) in [6.07, 6.45) is 0.980. The molecule has 1 aromatic carbocycles. The monoisotopic (exact) mass is 271 g/mol. The number of rotatable bonds is 3. The van der Waals surface area contributed by atoms with E-state index in [0.717, 1.165) is 17.5 Å². The summed E-state index contributed by atoms with van der Waals surface area (Å²) in [6.45, 7) is 4.30. The molecule has 0 spiro atoms. The predicted octanol–water partition coefficient (Wildman–Crippen LogP) is 3.79. The Morgan fingerprint density at radius 1 is 1.37 bits per heavy atom. The number of nitrogens with zero attached hydrogens (tertiary/aromatic N) is 2. The lowest BCUT2D eigenvalue weighted by molar-refractivity contribution is 0.567. The number of aromatic nitrogens is 2. The summed E-state index contributed by atoms with van der Waals surface area (Å²) in [6, 6.07) is 8.63. The Morgan fingerprint density at radius 2 is 2.21 bits per heavy atom. The summed E-state index contributed by atoms with van der Waals surface area (Å²) in [4.78, 5) is 4.47. The minimum Gasteiger partial charge on any atom is -0.369 e. The van der Waals surface area contributed by atoms with E-state index < -0.39 is 0 Å². The van der Waals surface area contributed by atoms with Crippen molar-refractivity contribution in [3.63, 3.8) is 0 Å². The number of anilines is 1. The molecule has 1 atom stereocenters. The van der Waals surface area contributed by atoms with E-state index in [9.17, 15) is 0 Å². The van der Waals surface area contributed by atoms with Gasteiger partial charge in [0.15, 0.2) is 0 Å². The van der Waals surface area contributed by atoms with Crippen LogP contribution in [0.15, 0.2) is 35.0 Å². The Bertz CT molecular complexity index is 698. The highest BCUT2D eigenvalue weighted by Gasteiger charge is 2.15. The van der Waals surface area contributed by atoms with E-state index in [1.807, 2.05) is 12.1 Å². The minimum absolute atomic E-state index is 0.306. The summed E-state index contributed by atoms with van der Waals surface area (Å²) in [7, 11) is 0. The molecule has 2 heterocycles. The Kier molecular flexibility index (Phi) is 3.03. The maximum absolute atomic E-state index is 6.11. The second kappa shape index (κ2) is 4.70. The number of nitrogens with two attached hydrogens (primary N) is 1. The van der Waals surface area contributed by atoms with Crippen molar-refractivity contribution in [2.45, 2.75) is 26.3 Å². The van der Waals surface area contributed by atoms with Crippen molar-refractivity contribution < 1.29 is 0 Å². The van der Waals surface area contributed by atoms with Gasteiger partial charge in [0.2, 0.25) is 5.95 Å². The van der Waals surface area contributed by atoms with Crippen LogP contribution < -0.4 is 5.73 Å². The van der Waals surface area contributed by atoms with Crippen molar-refractivity contribution in [1.82, 2.24) is 9.55 Å². The van der Waals surface area contributed by atoms with Gasteiger partial charge in [-0.2, -0.15) is 11.3 Å². The second-order valence-electron chi connectivity index (χ2n) is 4.97. The lowest BCUT2D eigenvalue weighted by Crippen LogP contribution is -2.11. The van der Waals surface area contributed by atoms with Crippen molar-refractivity contribution in [2.75, 3.05) is 5.73 Å². The van der Waals surface area contributed by atoms with Gasteiger partial charge in [-0.05, 0) is 54.3 Å². The third-order valence-corrected chi connectivity index (χ3v) is 4.22. The van der Waals surface area contributed by atoms with Crippen LogP contribution in [0.25, 0.3) is 11.0 Å². The molecule has 0 aliphatic carbocycles. The SMILES string of the molecule is Cc1cccc2nc(N)n(C(C)Cc3ccsc3)c12. The fourth-order valence-electron chi connectivity index (χ4n) is 2.63. The van der Waals surface area contributed by atoms with Gasteiger partial charge in [0.05, 0.1) is 11.0 Å². The highest BCUT2D eigenvalue weighted by molar-refractivity contribution is 7.07. The Hall–Kier alpha value is -1.81. The number of benzene rings is 1. The zero-order valence-corrected chi connectivity index (χ0v) is 11.9. The molecule has 0 bridgehead atoms. The number of aryl methyl sites for hydroxylation is 1. The number of nitrogen functional groups attached to an aromatic ring is 1. The van der Waals surface area contributed by atoms with Gasteiger partial charge in [-0.1, -0.05) is 12.1 Å². The van der Waals surface area contributed by atoms with Gasteiger partial charge < -0.3 is 10.3 Å². The number of hydrogen-bond donors (Lipinski definition) is 1. The first kappa shape index (κ1) is 12.2. The maximum atomic E-state index is 6.11. The molecule has 0 fully saturated rings. The molecule has 0 aliphatic heterocycles. The first-order valence-corrected chi connectivity index (χ1v) is 7.35. The van der Waals surface area contributed by atoms with Gasteiger partial charge in [0.1, 0.15) is 0 Å². The van der Waals surface area contributed by atoms with E-state index in [0.29, 0.717) is 12.0 Å². The van der Waals surface area contributed by atoms with Crippen molar-refractivity contribution in [3.8, 4) is 0 Å². The molecule has 98 valence electrons. The molecule has 4 heteroatoms. The van der Waals surface area contributed by atoms with Gasteiger partial charge in [0.25, 0.3) is 0 Å². The third kappa shape index (κ3) is 2.12. The molecule has 0 aliphatic rings. The third-order valence-electron chi connectivity index (χ3n) is 3.49. The lowest BCUT2D eigenvalue weighted by Gasteiger charge is -2.16. The van der Waals surface area contributed by atoms with Crippen LogP contribution >= 0.6 is 11.3 Å². The molecule has 0 amide bonds. The predicted molar refractivity (Wildman–Crippen MR) is 81.6 cm³/mol. The molecule has 0 radical (unpaired) electrons. The van der Waals surface area contributed by atoms with Gasteiger partial charge in [-0.25, -0.2) is 4.98 Å². The highest BCUT2D eigenvalue weighted by Crippen LogP contribution is 2.27. The largest absolute Gasteiger partial charge is 0.369 e. The molecular weight excluding hydrogens is 254 g/mol. The molecule has 3 aromatic rings. The van der Waals surface area contributed by atoms with E-state index >= 15 is 0 Å². The second-order valence-corrected chi connectivity index (χ2v) is 5.75.